The number of ether oxygens (including phenoxy) is 2. The summed E-state index contributed by atoms with van der Waals surface area (Å²) in [5, 5.41) is 10.4. The van der Waals surface area contributed by atoms with Crippen LogP contribution in [0.4, 0.5) is 15.3 Å². The van der Waals surface area contributed by atoms with Gasteiger partial charge in [0.25, 0.3) is 0 Å². The van der Waals surface area contributed by atoms with Gasteiger partial charge in [0.1, 0.15) is 11.2 Å². The lowest BCUT2D eigenvalue weighted by Crippen LogP contribution is -2.49. The molecule has 26 heavy (non-hydrogen) atoms. The molecule has 1 rings (SSSR count). The number of hydrogen-bond acceptors (Lipinski definition) is 5. The van der Waals surface area contributed by atoms with Crippen molar-refractivity contribution in [1.82, 2.24) is 5.32 Å². The largest absolute Gasteiger partial charge is 0.444 e. The number of nitrogens with zero attached hydrogens (tertiary/aromatic N) is 1. The van der Waals surface area contributed by atoms with Crippen LogP contribution in [0.15, 0.2) is 24.3 Å². The summed E-state index contributed by atoms with van der Waals surface area (Å²) >= 11 is 0. The van der Waals surface area contributed by atoms with Gasteiger partial charge >= 0.3 is 12.2 Å². The van der Waals surface area contributed by atoms with Crippen molar-refractivity contribution in [1.29, 1.82) is 5.41 Å². The van der Waals surface area contributed by atoms with E-state index < -0.39 is 29.3 Å². The Bertz CT molecular complexity index is 736. The highest BCUT2D eigenvalue weighted by Crippen LogP contribution is 2.20. The van der Waals surface area contributed by atoms with E-state index in [-0.39, 0.29) is 5.69 Å². The van der Waals surface area contributed by atoms with Gasteiger partial charge in [0.05, 0.1) is 5.69 Å². The van der Waals surface area contributed by atoms with Crippen molar-refractivity contribution in [3.05, 3.63) is 29.8 Å². The monoisotopic (exact) mass is 359 g/mol. The van der Waals surface area contributed by atoms with Gasteiger partial charge in [-0.15, -0.1) is 6.42 Å². The van der Waals surface area contributed by atoms with Crippen LogP contribution in [-0.2, 0) is 9.47 Å². The second kappa shape index (κ2) is 7.91. The van der Waals surface area contributed by atoms with Crippen LogP contribution in [0.25, 0.3) is 0 Å². The predicted molar refractivity (Wildman–Crippen MR) is 100 cm³/mol. The molecule has 0 atom stereocenters. The van der Waals surface area contributed by atoms with E-state index in [2.05, 4.69) is 11.2 Å². The standard InChI is InChI=1S/C19H25N3O4/c1-8-13-10-9-11-14(12-13)22(17(24)26-19(5,6)7)15(20)21-16(23)25-18(2,3)4/h1,9-12H,2-7H3,(H2,20,21,23). The normalized spacial score (nSPS) is 11.1. The zero-order valence-corrected chi connectivity index (χ0v) is 16.0. The van der Waals surface area contributed by atoms with E-state index in [1.165, 1.54) is 6.07 Å². The van der Waals surface area contributed by atoms with Crippen LogP contribution < -0.4 is 10.2 Å². The average molecular weight is 359 g/mol. The first-order valence-corrected chi connectivity index (χ1v) is 8.01. The lowest BCUT2D eigenvalue weighted by molar-refractivity contribution is 0.0559. The second-order valence-electron chi connectivity index (χ2n) is 7.49. The van der Waals surface area contributed by atoms with Crippen molar-refractivity contribution in [3.63, 3.8) is 0 Å². The van der Waals surface area contributed by atoms with Crippen molar-refractivity contribution in [2.24, 2.45) is 0 Å². The maximum Gasteiger partial charge on any atom is 0.421 e. The number of anilines is 1. The quantitative estimate of drug-likeness (QED) is 0.452. The number of terminal acetylenes is 1. The zero-order valence-electron chi connectivity index (χ0n) is 16.0. The molecule has 140 valence electrons. The Hall–Kier alpha value is -3.01. The molecule has 0 spiro atoms. The summed E-state index contributed by atoms with van der Waals surface area (Å²) in [6.45, 7) is 10.2. The van der Waals surface area contributed by atoms with E-state index in [9.17, 15) is 9.59 Å². The Kier molecular flexibility index (Phi) is 6.40. The fourth-order valence-electron chi connectivity index (χ4n) is 1.82. The molecule has 0 fully saturated rings. The maximum absolute atomic E-state index is 12.6. The molecule has 0 bridgehead atoms. The number of nitrogens with one attached hydrogen (secondary N) is 2. The molecule has 7 nitrogen and oxygen atoms in total. The Balaban J connectivity index is 3.15. The van der Waals surface area contributed by atoms with Gasteiger partial charge in [0, 0.05) is 5.56 Å². The highest BCUT2D eigenvalue weighted by atomic mass is 16.6. The molecular weight excluding hydrogens is 334 g/mol. The third kappa shape index (κ3) is 6.85. The molecule has 7 heteroatoms. The first kappa shape index (κ1) is 21.0. The van der Waals surface area contributed by atoms with E-state index in [0.717, 1.165) is 4.90 Å². The van der Waals surface area contributed by atoms with Gasteiger partial charge in [-0.05, 0) is 59.7 Å². The van der Waals surface area contributed by atoms with Crippen LogP contribution in [0, 0.1) is 17.8 Å². The van der Waals surface area contributed by atoms with Gasteiger partial charge in [-0.1, -0.05) is 12.0 Å². The molecule has 0 heterocycles. The van der Waals surface area contributed by atoms with Gasteiger partial charge in [0.15, 0.2) is 0 Å². The summed E-state index contributed by atoms with van der Waals surface area (Å²) in [4.78, 5) is 25.4. The summed E-state index contributed by atoms with van der Waals surface area (Å²) in [6, 6.07) is 6.44. The molecule has 2 N–H and O–H groups in total. The SMILES string of the molecule is C#Cc1cccc(N(C(=N)NC(=O)OC(C)(C)C)C(=O)OC(C)(C)C)c1. The molecule has 0 saturated carbocycles. The summed E-state index contributed by atoms with van der Waals surface area (Å²) < 4.78 is 10.5. The maximum atomic E-state index is 12.6. The minimum absolute atomic E-state index is 0.288. The van der Waals surface area contributed by atoms with Crippen molar-refractivity contribution in [2.75, 3.05) is 4.90 Å². The lowest BCUT2D eigenvalue weighted by atomic mass is 10.2. The third-order valence-corrected chi connectivity index (χ3v) is 2.69. The number of rotatable bonds is 1. The van der Waals surface area contributed by atoms with Gasteiger partial charge in [-0.2, -0.15) is 0 Å². The molecule has 0 aromatic heterocycles. The summed E-state index contributed by atoms with van der Waals surface area (Å²) in [5.74, 6) is 1.95. The number of amides is 2. The van der Waals surface area contributed by atoms with Gasteiger partial charge < -0.3 is 9.47 Å². The predicted octanol–water partition coefficient (Wildman–Crippen LogP) is 3.87. The van der Waals surface area contributed by atoms with Gasteiger partial charge in [-0.25, -0.2) is 14.5 Å². The van der Waals surface area contributed by atoms with Gasteiger partial charge in [-0.3, -0.25) is 10.7 Å². The van der Waals surface area contributed by atoms with E-state index in [0.29, 0.717) is 5.56 Å². The topological polar surface area (TPSA) is 91.7 Å². The number of guanidine groups is 1. The van der Waals surface area contributed by atoms with E-state index in [1.807, 2.05) is 0 Å². The minimum atomic E-state index is -0.857. The fourth-order valence-corrected chi connectivity index (χ4v) is 1.82. The fraction of sp³-hybridized carbons (Fsp3) is 0.421. The zero-order chi connectivity index (χ0) is 20.1. The summed E-state index contributed by atoms with van der Waals surface area (Å²) in [6.07, 6.45) is 3.71. The van der Waals surface area contributed by atoms with Crippen molar-refractivity contribution in [2.45, 2.75) is 52.7 Å². The molecule has 1 aromatic carbocycles. The van der Waals surface area contributed by atoms with Gasteiger partial charge in [0.2, 0.25) is 5.96 Å². The molecule has 1 aromatic rings. The molecule has 0 radical (unpaired) electrons. The lowest BCUT2D eigenvalue weighted by Gasteiger charge is -2.28. The number of carbonyl (C=O) groups excluding carboxylic acids is 2. The van der Waals surface area contributed by atoms with Crippen molar-refractivity contribution < 1.29 is 19.1 Å². The third-order valence-electron chi connectivity index (χ3n) is 2.69. The first-order valence-electron chi connectivity index (χ1n) is 8.01. The van der Waals surface area contributed by atoms with E-state index >= 15 is 0 Å². The molecule has 0 aliphatic carbocycles. The highest BCUT2D eigenvalue weighted by molar-refractivity contribution is 6.16. The second-order valence-corrected chi connectivity index (χ2v) is 7.49. The summed E-state index contributed by atoms with van der Waals surface area (Å²) in [5.41, 5.74) is -0.729. The number of carbonyl (C=O) groups is 2. The Morgan fingerprint density at radius 2 is 1.69 bits per heavy atom. The summed E-state index contributed by atoms with van der Waals surface area (Å²) in [7, 11) is 0. The number of alkyl carbamates (subject to hydrolysis) is 1. The minimum Gasteiger partial charge on any atom is -0.444 e. The number of hydrogen-bond donors (Lipinski definition) is 2. The van der Waals surface area contributed by atoms with Crippen LogP contribution in [0.3, 0.4) is 0 Å². The highest BCUT2D eigenvalue weighted by Gasteiger charge is 2.29. The molecule has 0 unspecified atom stereocenters. The van der Waals surface area contributed by atoms with Crippen LogP contribution in [0.2, 0.25) is 0 Å². The van der Waals surface area contributed by atoms with E-state index in [1.54, 1.807) is 59.7 Å². The Morgan fingerprint density at radius 3 is 2.19 bits per heavy atom. The Labute approximate surface area is 154 Å². The molecule has 0 aliphatic rings. The van der Waals surface area contributed by atoms with Crippen molar-refractivity contribution in [3.8, 4) is 12.3 Å². The van der Waals surface area contributed by atoms with Crippen LogP contribution in [0.5, 0.6) is 0 Å². The molecule has 0 saturated heterocycles. The molecule has 0 aliphatic heterocycles. The first-order chi connectivity index (χ1) is 11.8. The van der Waals surface area contributed by atoms with Crippen molar-refractivity contribution >= 4 is 23.8 Å². The Morgan fingerprint density at radius 1 is 1.12 bits per heavy atom. The molecular formula is C19H25N3O4. The van der Waals surface area contributed by atoms with Crippen LogP contribution in [-0.4, -0.2) is 29.3 Å². The molecule has 2 amide bonds. The smallest absolute Gasteiger partial charge is 0.421 e. The van der Waals surface area contributed by atoms with E-state index in [4.69, 9.17) is 21.3 Å². The van der Waals surface area contributed by atoms with Crippen LogP contribution >= 0.6 is 0 Å². The number of benzene rings is 1. The average Bonchev–Trinajstić information content (AvgIpc) is 2.43. The van der Waals surface area contributed by atoms with Crippen LogP contribution in [0.1, 0.15) is 47.1 Å².